The summed E-state index contributed by atoms with van der Waals surface area (Å²) in [5.74, 6) is 0.523. The third-order valence-electron chi connectivity index (χ3n) is 2.73. The third-order valence-corrected chi connectivity index (χ3v) is 2.73. The summed E-state index contributed by atoms with van der Waals surface area (Å²) in [7, 11) is 0. The van der Waals surface area contributed by atoms with Crippen LogP contribution in [0.3, 0.4) is 0 Å². The quantitative estimate of drug-likeness (QED) is 0.481. The molecule has 2 saturated carbocycles. The predicted molar refractivity (Wildman–Crippen MR) is 35.1 cm³/mol. The lowest BCUT2D eigenvalue weighted by Gasteiger charge is -2.41. The molecule has 0 aromatic carbocycles. The summed E-state index contributed by atoms with van der Waals surface area (Å²) in [6.45, 7) is 4.11. The van der Waals surface area contributed by atoms with Crippen molar-refractivity contribution in [1.82, 2.24) is 0 Å². The van der Waals surface area contributed by atoms with E-state index in [4.69, 9.17) is 0 Å². The van der Waals surface area contributed by atoms with E-state index in [0.29, 0.717) is 5.78 Å². The van der Waals surface area contributed by atoms with Crippen LogP contribution in [0.2, 0.25) is 0 Å². The standard InChI is InChI=1S/C8H12O/c1-7(2)5-8(3-4-8)6(7)9/h3-5H2,1-2H3. The first kappa shape index (κ1) is 5.45. The number of carbonyl (C=O) groups is 1. The average Bonchev–Trinajstić information content (AvgIpc) is 2.47. The maximum Gasteiger partial charge on any atom is 0.144 e. The molecule has 1 heteroatoms. The van der Waals surface area contributed by atoms with Crippen molar-refractivity contribution >= 4 is 5.78 Å². The maximum atomic E-state index is 11.3. The Labute approximate surface area is 55.4 Å². The monoisotopic (exact) mass is 124 g/mol. The summed E-state index contributed by atoms with van der Waals surface area (Å²) >= 11 is 0. The SMILES string of the molecule is CC1(C)CC2(CC2)C1=O. The Hall–Kier alpha value is -0.330. The van der Waals surface area contributed by atoms with E-state index in [9.17, 15) is 4.79 Å². The minimum absolute atomic E-state index is 0.0382. The zero-order valence-corrected chi connectivity index (χ0v) is 6.03. The lowest BCUT2D eigenvalue weighted by molar-refractivity contribution is -0.145. The maximum absolute atomic E-state index is 11.3. The summed E-state index contributed by atoms with van der Waals surface area (Å²) in [5, 5.41) is 0. The zero-order valence-electron chi connectivity index (χ0n) is 6.03. The Morgan fingerprint density at radius 1 is 1.33 bits per heavy atom. The largest absolute Gasteiger partial charge is 0.298 e. The van der Waals surface area contributed by atoms with Gasteiger partial charge in [0.15, 0.2) is 0 Å². The molecule has 0 aromatic rings. The van der Waals surface area contributed by atoms with Gasteiger partial charge < -0.3 is 0 Å². The van der Waals surface area contributed by atoms with Gasteiger partial charge in [-0.05, 0) is 19.3 Å². The van der Waals surface area contributed by atoms with Gasteiger partial charge in [-0.3, -0.25) is 4.79 Å². The van der Waals surface area contributed by atoms with Gasteiger partial charge in [0.1, 0.15) is 5.78 Å². The van der Waals surface area contributed by atoms with Crippen LogP contribution in [0.4, 0.5) is 0 Å². The smallest absolute Gasteiger partial charge is 0.144 e. The minimum Gasteiger partial charge on any atom is -0.298 e. The van der Waals surface area contributed by atoms with Crippen molar-refractivity contribution in [3.63, 3.8) is 0 Å². The molecule has 0 heterocycles. The van der Waals surface area contributed by atoms with E-state index in [-0.39, 0.29) is 10.8 Å². The molecule has 0 bridgehead atoms. The second-order valence-electron chi connectivity index (χ2n) is 4.17. The van der Waals surface area contributed by atoms with Crippen molar-refractivity contribution < 1.29 is 4.79 Å². The Morgan fingerprint density at radius 2 is 1.89 bits per heavy atom. The van der Waals surface area contributed by atoms with Gasteiger partial charge >= 0.3 is 0 Å². The van der Waals surface area contributed by atoms with Gasteiger partial charge in [0.25, 0.3) is 0 Å². The molecule has 50 valence electrons. The molecule has 9 heavy (non-hydrogen) atoms. The summed E-state index contributed by atoms with van der Waals surface area (Å²) < 4.78 is 0. The van der Waals surface area contributed by atoms with Crippen molar-refractivity contribution in [3.05, 3.63) is 0 Å². The summed E-state index contributed by atoms with van der Waals surface area (Å²) in [5.41, 5.74) is 0.264. The van der Waals surface area contributed by atoms with Crippen LogP contribution in [0.25, 0.3) is 0 Å². The highest BCUT2D eigenvalue weighted by Crippen LogP contribution is 2.65. The van der Waals surface area contributed by atoms with Crippen molar-refractivity contribution in [3.8, 4) is 0 Å². The fourth-order valence-electron chi connectivity index (χ4n) is 2.17. The fraction of sp³-hybridized carbons (Fsp3) is 0.875. The van der Waals surface area contributed by atoms with Crippen LogP contribution in [0, 0.1) is 10.8 Å². The molecule has 2 aliphatic rings. The average molecular weight is 124 g/mol. The Bertz CT molecular complexity index is 169. The van der Waals surface area contributed by atoms with Gasteiger partial charge in [0, 0.05) is 10.8 Å². The minimum atomic E-state index is 0.0382. The van der Waals surface area contributed by atoms with Crippen molar-refractivity contribution in [1.29, 1.82) is 0 Å². The lowest BCUT2D eigenvalue weighted by atomic mass is 9.61. The van der Waals surface area contributed by atoms with Gasteiger partial charge in [-0.25, -0.2) is 0 Å². The fourth-order valence-corrected chi connectivity index (χ4v) is 2.17. The number of hydrogen-bond acceptors (Lipinski definition) is 1. The van der Waals surface area contributed by atoms with Gasteiger partial charge in [-0.1, -0.05) is 13.8 Å². The van der Waals surface area contributed by atoms with Crippen molar-refractivity contribution in [2.24, 2.45) is 10.8 Å². The molecule has 2 aliphatic carbocycles. The first-order valence-corrected chi connectivity index (χ1v) is 3.62. The highest BCUT2D eigenvalue weighted by molar-refractivity contribution is 5.98. The second-order valence-corrected chi connectivity index (χ2v) is 4.17. The number of carbonyl (C=O) groups excluding carboxylic acids is 1. The van der Waals surface area contributed by atoms with E-state index < -0.39 is 0 Å². The first-order chi connectivity index (χ1) is 4.07. The molecule has 0 radical (unpaired) electrons. The Kier molecular flexibility index (Phi) is 0.662. The van der Waals surface area contributed by atoms with Crippen LogP contribution in [0.1, 0.15) is 33.1 Å². The summed E-state index contributed by atoms with van der Waals surface area (Å²) in [6, 6.07) is 0. The van der Waals surface area contributed by atoms with E-state index in [1.165, 1.54) is 12.8 Å². The molecular weight excluding hydrogens is 112 g/mol. The topological polar surface area (TPSA) is 17.1 Å². The Balaban J connectivity index is 2.21. The molecule has 0 saturated heterocycles. The molecule has 0 N–H and O–H groups in total. The van der Waals surface area contributed by atoms with E-state index >= 15 is 0 Å². The number of Topliss-reactive ketones (excluding diaryl/α,β-unsaturated/α-hetero) is 1. The molecule has 2 rings (SSSR count). The van der Waals surface area contributed by atoms with Crippen LogP contribution in [-0.4, -0.2) is 5.78 Å². The van der Waals surface area contributed by atoms with E-state index in [0.717, 1.165) is 6.42 Å². The third kappa shape index (κ3) is 0.480. The van der Waals surface area contributed by atoms with Crippen LogP contribution in [0.15, 0.2) is 0 Å². The molecule has 1 nitrogen and oxygen atoms in total. The normalized spacial score (nSPS) is 34.2. The van der Waals surface area contributed by atoms with Crippen molar-refractivity contribution in [2.45, 2.75) is 33.1 Å². The van der Waals surface area contributed by atoms with Crippen LogP contribution in [-0.2, 0) is 4.79 Å². The molecule has 0 atom stereocenters. The van der Waals surface area contributed by atoms with Crippen LogP contribution < -0.4 is 0 Å². The molecule has 0 amide bonds. The molecular formula is C8H12O. The highest BCUT2D eigenvalue weighted by Gasteiger charge is 2.64. The van der Waals surface area contributed by atoms with Crippen LogP contribution >= 0.6 is 0 Å². The molecule has 1 spiro atoms. The zero-order chi connectivity index (χ0) is 6.70. The van der Waals surface area contributed by atoms with E-state index in [2.05, 4.69) is 13.8 Å². The number of hydrogen-bond donors (Lipinski definition) is 0. The summed E-state index contributed by atoms with van der Waals surface area (Å²) in [6.07, 6.45) is 3.50. The Morgan fingerprint density at radius 3 is 2.00 bits per heavy atom. The second kappa shape index (κ2) is 1.09. The predicted octanol–water partition coefficient (Wildman–Crippen LogP) is 1.77. The highest BCUT2D eigenvalue weighted by atomic mass is 16.1. The molecule has 2 fully saturated rings. The van der Waals surface area contributed by atoms with Gasteiger partial charge in [-0.15, -0.1) is 0 Å². The lowest BCUT2D eigenvalue weighted by Crippen LogP contribution is -2.46. The number of rotatable bonds is 0. The molecule has 0 aromatic heterocycles. The van der Waals surface area contributed by atoms with Crippen molar-refractivity contribution in [2.75, 3.05) is 0 Å². The summed E-state index contributed by atoms with van der Waals surface area (Å²) in [4.78, 5) is 11.3. The molecule has 0 aliphatic heterocycles. The van der Waals surface area contributed by atoms with Crippen LogP contribution in [0.5, 0.6) is 0 Å². The number of ketones is 1. The van der Waals surface area contributed by atoms with E-state index in [1.54, 1.807) is 0 Å². The van der Waals surface area contributed by atoms with Gasteiger partial charge in [0.2, 0.25) is 0 Å². The van der Waals surface area contributed by atoms with Gasteiger partial charge in [-0.2, -0.15) is 0 Å². The van der Waals surface area contributed by atoms with E-state index in [1.807, 2.05) is 0 Å². The molecule has 0 unspecified atom stereocenters. The van der Waals surface area contributed by atoms with Gasteiger partial charge in [0.05, 0.1) is 0 Å². The first-order valence-electron chi connectivity index (χ1n) is 3.62.